The van der Waals surface area contributed by atoms with Crippen LogP contribution in [0.3, 0.4) is 0 Å². The number of carbonyl (C=O) groups is 1. The molecule has 0 aromatic heterocycles. The first-order valence-corrected chi connectivity index (χ1v) is 5.23. The fraction of sp³-hybridized carbons (Fsp3) is 0.417. The molecule has 0 bridgehead atoms. The van der Waals surface area contributed by atoms with Gasteiger partial charge in [0.15, 0.2) is 0 Å². The monoisotopic (exact) mass is 222 g/mol. The minimum absolute atomic E-state index is 0.119. The van der Waals surface area contributed by atoms with Gasteiger partial charge < -0.3 is 15.8 Å². The normalized spacial score (nSPS) is 14.2. The molecule has 88 valence electrons. The second-order valence-corrected chi connectivity index (χ2v) is 3.74. The average Bonchev–Trinajstić information content (AvgIpc) is 2.28. The molecule has 2 unspecified atom stereocenters. The molecule has 3 N–H and O–H groups in total. The lowest BCUT2D eigenvalue weighted by atomic mass is 10.1. The van der Waals surface area contributed by atoms with Gasteiger partial charge in [-0.3, -0.25) is 4.79 Å². The lowest BCUT2D eigenvalue weighted by Gasteiger charge is -2.18. The van der Waals surface area contributed by atoms with Crippen molar-refractivity contribution in [1.29, 1.82) is 0 Å². The Bertz CT molecular complexity index is 366. The van der Waals surface area contributed by atoms with E-state index in [9.17, 15) is 4.79 Å². The molecule has 0 fully saturated rings. The van der Waals surface area contributed by atoms with Crippen molar-refractivity contribution in [3.05, 3.63) is 29.8 Å². The molecule has 1 aromatic carbocycles. The van der Waals surface area contributed by atoms with Gasteiger partial charge in [0.2, 0.25) is 5.91 Å². The number of ether oxygens (including phenoxy) is 1. The minimum atomic E-state index is -0.451. The van der Waals surface area contributed by atoms with Crippen molar-refractivity contribution in [2.24, 2.45) is 0 Å². The molecule has 0 radical (unpaired) electrons. The van der Waals surface area contributed by atoms with Crippen LogP contribution in [0.1, 0.15) is 25.5 Å². The Morgan fingerprint density at radius 1 is 1.38 bits per heavy atom. The molecule has 0 heterocycles. The number of para-hydroxylation sites is 1. The Balaban J connectivity index is 2.69. The summed E-state index contributed by atoms with van der Waals surface area (Å²) in [7, 11) is 1.51. The van der Waals surface area contributed by atoms with Crippen molar-refractivity contribution in [3.63, 3.8) is 0 Å². The van der Waals surface area contributed by atoms with E-state index in [2.05, 4.69) is 5.32 Å². The maximum atomic E-state index is 11.6. The van der Waals surface area contributed by atoms with E-state index in [-0.39, 0.29) is 11.9 Å². The van der Waals surface area contributed by atoms with Crippen LogP contribution in [0.15, 0.2) is 24.3 Å². The van der Waals surface area contributed by atoms with Crippen molar-refractivity contribution < 1.29 is 9.53 Å². The third-order valence-corrected chi connectivity index (χ3v) is 2.54. The Morgan fingerprint density at radius 3 is 2.56 bits per heavy atom. The quantitative estimate of drug-likeness (QED) is 0.758. The summed E-state index contributed by atoms with van der Waals surface area (Å²) in [5.41, 5.74) is 7.42. The van der Waals surface area contributed by atoms with Crippen LogP contribution in [-0.2, 0) is 9.53 Å². The van der Waals surface area contributed by atoms with Crippen molar-refractivity contribution in [1.82, 2.24) is 5.32 Å². The zero-order valence-electron chi connectivity index (χ0n) is 9.86. The Hall–Kier alpha value is -1.55. The molecule has 0 aliphatic rings. The van der Waals surface area contributed by atoms with Gasteiger partial charge in [0, 0.05) is 12.8 Å². The van der Waals surface area contributed by atoms with Crippen molar-refractivity contribution in [2.75, 3.05) is 12.8 Å². The molecule has 4 heteroatoms. The maximum Gasteiger partial charge on any atom is 0.249 e. The summed E-state index contributed by atoms with van der Waals surface area (Å²) in [6.07, 6.45) is -0.451. The standard InChI is InChI=1S/C12H18N2O2/c1-8(14-12(15)9(2)16-3)10-6-4-5-7-11(10)13/h4-9H,13H2,1-3H3,(H,14,15). The molecule has 0 aliphatic heterocycles. The second kappa shape index (κ2) is 5.51. The van der Waals surface area contributed by atoms with Crippen molar-refractivity contribution in [3.8, 4) is 0 Å². The Kier molecular flexibility index (Phi) is 4.31. The highest BCUT2D eigenvalue weighted by Gasteiger charge is 2.16. The summed E-state index contributed by atoms with van der Waals surface area (Å²) >= 11 is 0. The van der Waals surface area contributed by atoms with Crippen LogP contribution in [0.25, 0.3) is 0 Å². The zero-order chi connectivity index (χ0) is 12.1. The lowest BCUT2D eigenvalue weighted by Crippen LogP contribution is -2.35. The van der Waals surface area contributed by atoms with Gasteiger partial charge in [0.05, 0.1) is 6.04 Å². The molecular formula is C12H18N2O2. The first-order chi connectivity index (χ1) is 7.56. The number of nitrogens with two attached hydrogens (primary N) is 1. The van der Waals surface area contributed by atoms with Crippen LogP contribution in [0.4, 0.5) is 5.69 Å². The number of methoxy groups -OCH3 is 1. The zero-order valence-corrected chi connectivity index (χ0v) is 9.86. The number of carbonyl (C=O) groups excluding carboxylic acids is 1. The van der Waals surface area contributed by atoms with Gasteiger partial charge in [0.1, 0.15) is 6.10 Å². The van der Waals surface area contributed by atoms with Crippen LogP contribution < -0.4 is 11.1 Å². The number of hydrogen-bond donors (Lipinski definition) is 2. The SMILES string of the molecule is COC(C)C(=O)NC(C)c1ccccc1N. The van der Waals surface area contributed by atoms with Gasteiger partial charge in [-0.1, -0.05) is 18.2 Å². The molecule has 1 aromatic rings. The molecule has 0 saturated heterocycles. The summed E-state index contributed by atoms with van der Waals surface area (Å²) < 4.78 is 4.94. The number of amides is 1. The van der Waals surface area contributed by atoms with Crippen LogP contribution in [0, 0.1) is 0 Å². The van der Waals surface area contributed by atoms with E-state index in [1.807, 2.05) is 31.2 Å². The third kappa shape index (κ3) is 2.97. The average molecular weight is 222 g/mol. The maximum absolute atomic E-state index is 11.6. The number of nitrogen functional groups attached to an aromatic ring is 1. The fourth-order valence-corrected chi connectivity index (χ4v) is 1.42. The van der Waals surface area contributed by atoms with E-state index < -0.39 is 6.10 Å². The van der Waals surface area contributed by atoms with Crippen LogP contribution in [0.2, 0.25) is 0 Å². The van der Waals surface area contributed by atoms with Gasteiger partial charge in [-0.25, -0.2) is 0 Å². The predicted molar refractivity (Wildman–Crippen MR) is 63.9 cm³/mol. The largest absolute Gasteiger partial charge is 0.398 e. The summed E-state index contributed by atoms with van der Waals surface area (Å²) in [6, 6.07) is 7.36. The third-order valence-electron chi connectivity index (χ3n) is 2.54. The van der Waals surface area contributed by atoms with Gasteiger partial charge >= 0.3 is 0 Å². The number of benzene rings is 1. The summed E-state index contributed by atoms with van der Waals surface area (Å²) in [5, 5.41) is 2.84. The highest BCUT2D eigenvalue weighted by Crippen LogP contribution is 2.19. The molecule has 1 rings (SSSR count). The van der Waals surface area contributed by atoms with Crippen LogP contribution in [0.5, 0.6) is 0 Å². The van der Waals surface area contributed by atoms with E-state index in [0.717, 1.165) is 5.56 Å². The van der Waals surface area contributed by atoms with Crippen molar-refractivity contribution in [2.45, 2.75) is 26.0 Å². The lowest BCUT2D eigenvalue weighted by molar-refractivity contribution is -0.130. The number of hydrogen-bond acceptors (Lipinski definition) is 3. The minimum Gasteiger partial charge on any atom is -0.398 e. The summed E-state index contributed by atoms with van der Waals surface area (Å²) in [6.45, 7) is 3.60. The second-order valence-electron chi connectivity index (χ2n) is 3.74. The predicted octanol–water partition coefficient (Wildman–Crippen LogP) is 1.48. The summed E-state index contributed by atoms with van der Waals surface area (Å²) in [5.74, 6) is -0.141. The molecular weight excluding hydrogens is 204 g/mol. The van der Waals surface area contributed by atoms with Gasteiger partial charge in [0.25, 0.3) is 0 Å². The molecule has 16 heavy (non-hydrogen) atoms. The van der Waals surface area contributed by atoms with E-state index >= 15 is 0 Å². The molecule has 2 atom stereocenters. The molecule has 1 amide bonds. The van der Waals surface area contributed by atoms with Crippen LogP contribution in [-0.4, -0.2) is 19.1 Å². The molecule has 0 saturated carbocycles. The smallest absolute Gasteiger partial charge is 0.249 e. The molecule has 0 aliphatic carbocycles. The Labute approximate surface area is 95.8 Å². The van der Waals surface area contributed by atoms with E-state index in [0.29, 0.717) is 5.69 Å². The molecule has 4 nitrogen and oxygen atoms in total. The van der Waals surface area contributed by atoms with Gasteiger partial charge in [-0.15, -0.1) is 0 Å². The number of rotatable bonds is 4. The first-order valence-electron chi connectivity index (χ1n) is 5.23. The van der Waals surface area contributed by atoms with Crippen molar-refractivity contribution >= 4 is 11.6 Å². The molecule has 0 spiro atoms. The van der Waals surface area contributed by atoms with Gasteiger partial charge in [-0.2, -0.15) is 0 Å². The van der Waals surface area contributed by atoms with E-state index in [4.69, 9.17) is 10.5 Å². The van der Waals surface area contributed by atoms with Gasteiger partial charge in [-0.05, 0) is 25.5 Å². The van der Waals surface area contributed by atoms with Crippen LogP contribution >= 0.6 is 0 Å². The highest BCUT2D eigenvalue weighted by atomic mass is 16.5. The highest BCUT2D eigenvalue weighted by molar-refractivity contribution is 5.80. The van der Waals surface area contributed by atoms with E-state index in [1.54, 1.807) is 6.92 Å². The van der Waals surface area contributed by atoms with E-state index in [1.165, 1.54) is 7.11 Å². The Morgan fingerprint density at radius 2 is 2.00 bits per heavy atom. The number of nitrogens with one attached hydrogen (secondary N) is 1. The number of anilines is 1. The topological polar surface area (TPSA) is 64.3 Å². The fourth-order valence-electron chi connectivity index (χ4n) is 1.42. The first kappa shape index (κ1) is 12.5. The summed E-state index contributed by atoms with van der Waals surface area (Å²) in [4.78, 5) is 11.6.